The van der Waals surface area contributed by atoms with Gasteiger partial charge >= 0.3 is 0 Å². The Kier molecular flexibility index (Phi) is 6.34. The molecule has 0 amide bonds. The van der Waals surface area contributed by atoms with E-state index in [4.69, 9.17) is 11.6 Å². The molecule has 3 nitrogen and oxygen atoms in total. The Balaban J connectivity index is 2.08. The van der Waals surface area contributed by atoms with E-state index in [0.29, 0.717) is 6.04 Å². The molecule has 1 heterocycles. The van der Waals surface area contributed by atoms with Gasteiger partial charge in [0.1, 0.15) is 0 Å². The van der Waals surface area contributed by atoms with Gasteiger partial charge in [-0.2, -0.15) is 0 Å². The molecule has 2 rings (SSSR count). The largest absolute Gasteiger partial charge is 0.370 e. The van der Waals surface area contributed by atoms with Gasteiger partial charge in [0.05, 0.1) is 10.7 Å². The lowest BCUT2D eigenvalue weighted by molar-refractivity contribution is 0.249. The highest BCUT2D eigenvalue weighted by molar-refractivity contribution is 6.33. The molecule has 0 unspecified atom stereocenters. The lowest BCUT2D eigenvalue weighted by Gasteiger charge is -2.37. The minimum atomic E-state index is 0.699. The summed E-state index contributed by atoms with van der Waals surface area (Å²) in [6.07, 6.45) is 3.57. The standard InChI is InChI=1S/C17H28ClN3/c1-4-10-19-13-14-6-5-7-16(18)17(14)21-11-8-15(9-12-21)20(2)3/h5-7,15,19H,4,8-13H2,1-3H3. The molecular weight excluding hydrogens is 282 g/mol. The lowest BCUT2D eigenvalue weighted by atomic mass is 10.0. The van der Waals surface area contributed by atoms with Crippen LogP contribution in [0.3, 0.4) is 0 Å². The average Bonchev–Trinajstić information content (AvgIpc) is 2.48. The van der Waals surface area contributed by atoms with E-state index in [2.05, 4.69) is 48.3 Å². The number of anilines is 1. The summed E-state index contributed by atoms with van der Waals surface area (Å²) in [5.74, 6) is 0. The third kappa shape index (κ3) is 4.35. The van der Waals surface area contributed by atoms with Gasteiger partial charge in [0.15, 0.2) is 0 Å². The number of piperidine rings is 1. The third-order valence-corrected chi connectivity index (χ3v) is 4.63. The average molecular weight is 310 g/mol. The summed E-state index contributed by atoms with van der Waals surface area (Å²) in [5, 5.41) is 4.37. The van der Waals surface area contributed by atoms with E-state index < -0.39 is 0 Å². The fraction of sp³-hybridized carbons (Fsp3) is 0.647. The van der Waals surface area contributed by atoms with Gasteiger partial charge in [0, 0.05) is 25.7 Å². The molecule has 4 heteroatoms. The molecule has 0 saturated carbocycles. The quantitative estimate of drug-likeness (QED) is 0.813. The number of benzene rings is 1. The Morgan fingerprint density at radius 3 is 2.62 bits per heavy atom. The molecule has 0 aromatic heterocycles. The molecule has 1 aromatic rings. The van der Waals surface area contributed by atoms with Crippen molar-refractivity contribution in [1.82, 2.24) is 10.2 Å². The fourth-order valence-electron chi connectivity index (χ4n) is 3.06. The summed E-state index contributed by atoms with van der Waals surface area (Å²) < 4.78 is 0. The fourth-order valence-corrected chi connectivity index (χ4v) is 3.38. The SMILES string of the molecule is CCCNCc1cccc(Cl)c1N1CCC(N(C)C)CC1. The van der Waals surface area contributed by atoms with Crippen molar-refractivity contribution in [2.24, 2.45) is 0 Å². The topological polar surface area (TPSA) is 18.5 Å². The minimum Gasteiger partial charge on any atom is -0.370 e. The number of nitrogens with zero attached hydrogens (tertiary/aromatic N) is 2. The first-order valence-corrected chi connectivity index (χ1v) is 8.40. The summed E-state index contributed by atoms with van der Waals surface area (Å²) in [7, 11) is 4.35. The summed E-state index contributed by atoms with van der Waals surface area (Å²) in [5.41, 5.74) is 2.55. The molecule has 1 saturated heterocycles. The van der Waals surface area contributed by atoms with E-state index in [1.54, 1.807) is 0 Å². The van der Waals surface area contributed by atoms with Crippen LogP contribution < -0.4 is 10.2 Å². The van der Waals surface area contributed by atoms with E-state index >= 15 is 0 Å². The van der Waals surface area contributed by atoms with Gasteiger partial charge < -0.3 is 15.1 Å². The van der Waals surface area contributed by atoms with Gasteiger partial charge in [-0.3, -0.25) is 0 Å². The molecule has 0 bridgehead atoms. The zero-order chi connectivity index (χ0) is 15.2. The van der Waals surface area contributed by atoms with Crippen LogP contribution in [0.5, 0.6) is 0 Å². The number of hydrogen-bond donors (Lipinski definition) is 1. The van der Waals surface area contributed by atoms with Crippen LogP contribution in [0.1, 0.15) is 31.7 Å². The Bertz CT molecular complexity index is 440. The molecule has 118 valence electrons. The predicted octanol–water partition coefficient (Wildman–Crippen LogP) is 3.37. The molecule has 1 aromatic carbocycles. The monoisotopic (exact) mass is 309 g/mol. The summed E-state index contributed by atoms with van der Waals surface area (Å²) in [4.78, 5) is 4.80. The van der Waals surface area contributed by atoms with Gasteiger partial charge in [-0.15, -0.1) is 0 Å². The zero-order valence-corrected chi connectivity index (χ0v) is 14.3. The zero-order valence-electron chi connectivity index (χ0n) is 13.5. The van der Waals surface area contributed by atoms with Crippen LogP contribution >= 0.6 is 11.6 Å². The Morgan fingerprint density at radius 1 is 1.29 bits per heavy atom. The highest BCUT2D eigenvalue weighted by atomic mass is 35.5. The molecule has 1 aliphatic heterocycles. The van der Waals surface area contributed by atoms with Gasteiger partial charge in [0.25, 0.3) is 0 Å². The van der Waals surface area contributed by atoms with Crippen LogP contribution in [0.4, 0.5) is 5.69 Å². The van der Waals surface area contributed by atoms with Crippen molar-refractivity contribution in [2.45, 2.75) is 38.8 Å². The molecule has 21 heavy (non-hydrogen) atoms. The lowest BCUT2D eigenvalue weighted by Crippen LogP contribution is -2.42. The Morgan fingerprint density at radius 2 is 2.00 bits per heavy atom. The van der Waals surface area contributed by atoms with E-state index in [0.717, 1.165) is 37.6 Å². The number of nitrogens with one attached hydrogen (secondary N) is 1. The van der Waals surface area contributed by atoms with E-state index in [9.17, 15) is 0 Å². The maximum Gasteiger partial charge on any atom is 0.0642 e. The molecular formula is C17H28ClN3. The molecule has 0 atom stereocenters. The van der Waals surface area contributed by atoms with Gasteiger partial charge in [-0.1, -0.05) is 30.7 Å². The van der Waals surface area contributed by atoms with Gasteiger partial charge in [0.2, 0.25) is 0 Å². The van der Waals surface area contributed by atoms with Crippen LogP contribution in [-0.4, -0.2) is 44.7 Å². The van der Waals surface area contributed by atoms with Crippen LogP contribution in [0.2, 0.25) is 5.02 Å². The summed E-state index contributed by atoms with van der Waals surface area (Å²) >= 11 is 6.49. The van der Waals surface area contributed by atoms with Crippen molar-refractivity contribution in [3.63, 3.8) is 0 Å². The number of para-hydroxylation sites is 1. The van der Waals surface area contributed by atoms with Crippen molar-refractivity contribution in [2.75, 3.05) is 38.6 Å². The second kappa shape index (κ2) is 8.02. The molecule has 1 aliphatic rings. The maximum atomic E-state index is 6.49. The molecule has 0 aliphatic carbocycles. The molecule has 0 spiro atoms. The smallest absolute Gasteiger partial charge is 0.0642 e. The van der Waals surface area contributed by atoms with Gasteiger partial charge in [-0.05, 0) is 51.5 Å². The van der Waals surface area contributed by atoms with Gasteiger partial charge in [-0.25, -0.2) is 0 Å². The molecule has 1 fully saturated rings. The number of hydrogen-bond acceptors (Lipinski definition) is 3. The van der Waals surface area contributed by atoms with Crippen molar-refractivity contribution in [1.29, 1.82) is 0 Å². The van der Waals surface area contributed by atoms with Crippen LogP contribution in [0.15, 0.2) is 18.2 Å². The van der Waals surface area contributed by atoms with Crippen molar-refractivity contribution in [3.8, 4) is 0 Å². The maximum absolute atomic E-state index is 6.49. The van der Waals surface area contributed by atoms with E-state index in [-0.39, 0.29) is 0 Å². The van der Waals surface area contributed by atoms with E-state index in [1.165, 1.54) is 24.1 Å². The highest BCUT2D eigenvalue weighted by Crippen LogP contribution is 2.32. The van der Waals surface area contributed by atoms with Crippen molar-refractivity contribution in [3.05, 3.63) is 28.8 Å². The Hall–Kier alpha value is -0.770. The molecule has 0 radical (unpaired) electrons. The van der Waals surface area contributed by atoms with Crippen LogP contribution in [0, 0.1) is 0 Å². The second-order valence-corrected chi connectivity index (χ2v) is 6.51. The normalized spacial score (nSPS) is 16.7. The second-order valence-electron chi connectivity index (χ2n) is 6.11. The number of halogens is 1. The Labute approximate surface area is 134 Å². The summed E-state index contributed by atoms with van der Waals surface area (Å²) in [6, 6.07) is 6.96. The predicted molar refractivity (Wildman–Crippen MR) is 92.4 cm³/mol. The minimum absolute atomic E-state index is 0.699. The highest BCUT2D eigenvalue weighted by Gasteiger charge is 2.23. The summed E-state index contributed by atoms with van der Waals surface area (Å²) in [6.45, 7) is 6.32. The van der Waals surface area contributed by atoms with Crippen LogP contribution in [0.25, 0.3) is 0 Å². The first-order valence-electron chi connectivity index (χ1n) is 8.03. The van der Waals surface area contributed by atoms with Crippen molar-refractivity contribution >= 4 is 17.3 Å². The molecule has 1 N–H and O–H groups in total. The first kappa shape index (κ1) is 16.6. The number of rotatable bonds is 6. The third-order valence-electron chi connectivity index (χ3n) is 4.32. The van der Waals surface area contributed by atoms with Crippen molar-refractivity contribution < 1.29 is 0 Å². The van der Waals surface area contributed by atoms with E-state index in [1.807, 2.05) is 6.07 Å². The van der Waals surface area contributed by atoms with Crippen LogP contribution in [-0.2, 0) is 6.54 Å². The first-order chi connectivity index (χ1) is 10.1.